The molecule has 2 aromatic rings. The van der Waals surface area contributed by atoms with Gasteiger partial charge in [-0.2, -0.15) is 0 Å². The molecule has 0 radical (unpaired) electrons. The number of hydrogen-bond acceptors (Lipinski definition) is 4. The second-order valence-electron chi connectivity index (χ2n) is 6.92. The number of nitrogens with one attached hydrogen (secondary N) is 1. The molecular formula is C21H24FN3O2S. The summed E-state index contributed by atoms with van der Waals surface area (Å²) in [4.78, 5) is 31.5. The molecule has 5 nitrogen and oxygen atoms in total. The molecule has 7 heteroatoms. The molecule has 1 N–H and O–H groups in total. The lowest BCUT2D eigenvalue weighted by atomic mass is 10.1. The minimum Gasteiger partial charge on any atom is -0.330 e. The topological polar surface area (TPSA) is 62.3 Å². The highest BCUT2D eigenvalue weighted by Gasteiger charge is 2.38. The molecule has 1 aliphatic carbocycles. The third kappa shape index (κ3) is 5.32. The smallest absolute Gasteiger partial charge is 0.236 e. The molecule has 2 unspecified atom stereocenters. The number of benzene rings is 1. The maximum Gasteiger partial charge on any atom is 0.236 e. The van der Waals surface area contributed by atoms with Crippen molar-refractivity contribution in [2.75, 3.05) is 11.1 Å². The fourth-order valence-corrected chi connectivity index (χ4v) is 3.76. The highest BCUT2D eigenvalue weighted by molar-refractivity contribution is 8.01. The molecule has 1 fully saturated rings. The average molecular weight is 402 g/mol. The van der Waals surface area contributed by atoms with E-state index < -0.39 is 0 Å². The number of amides is 2. The van der Waals surface area contributed by atoms with Gasteiger partial charge in [0, 0.05) is 17.9 Å². The minimum absolute atomic E-state index is 0.0280. The zero-order chi connectivity index (χ0) is 20.1. The average Bonchev–Trinajstić information content (AvgIpc) is 3.53. The van der Waals surface area contributed by atoms with Crippen LogP contribution in [0.15, 0.2) is 48.7 Å². The van der Waals surface area contributed by atoms with Crippen molar-refractivity contribution in [1.82, 2.24) is 9.88 Å². The predicted octanol–water partition coefficient (Wildman–Crippen LogP) is 4.03. The van der Waals surface area contributed by atoms with E-state index in [1.165, 1.54) is 36.0 Å². The van der Waals surface area contributed by atoms with Crippen LogP contribution in [0.25, 0.3) is 0 Å². The van der Waals surface area contributed by atoms with E-state index in [-0.39, 0.29) is 40.7 Å². The molecule has 0 aliphatic heterocycles. The largest absolute Gasteiger partial charge is 0.330 e. The lowest BCUT2D eigenvalue weighted by Crippen LogP contribution is -2.40. The summed E-state index contributed by atoms with van der Waals surface area (Å²) in [6.45, 7) is 3.83. The fraction of sp³-hybridized carbons (Fsp3) is 0.381. The van der Waals surface area contributed by atoms with Crippen molar-refractivity contribution in [3.63, 3.8) is 0 Å². The Bertz CT molecular complexity index is 812. The van der Waals surface area contributed by atoms with Crippen molar-refractivity contribution in [3.05, 3.63) is 60.2 Å². The third-order valence-electron chi connectivity index (χ3n) is 4.67. The number of rotatable bonds is 8. The molecule has 0 bridgehead atoms. The van der Waals surface area contributed by atoms with Gasteiger partial charge in [0.2, 0.25) is 11.8 Å². The monoisotopic (exact) mass is 401 g/mol. The zero-order valence-corrected chi connectivity index (χ0v) is 16.8. The maximum absolute atomic E-state index is 13.1. The summed E-state index contributed by atoms with van der Waals surface area (Å²) < 4.78 is 12.9. The summed E-state index contributed by atoms with van der Waals surface area (Å²) in [5.41, 5.74) is 1.41. The summed E-state index contributed by atoms with van der Waals surface area (Å²) in [5, 5.41) is 2.37. The van der Waals surface area contributed by atoms with Gasteiger partial charge < -0.3 is 10.2 Å². The molecule has 2 atom stereocenters. The number of anilines is 1. The Kier molecular flexibility index (Phi) is 6.67. The first-order valence-corrected chi connectivity index (χ1v) is 10.4. The van der Waals surface area contributed by atoms with Crippen LogP contribution >= 0.6 is 11.8 Å². The van der Waals surface area contributed by atoms with Crippen molar-refractivity contribution in [2.45, 2.75) is 44.0 Å². The Morgan fingerprint density at radius 2 is 1.93 bits per heavy atom. The number of aromatic nitrogens is 1. The maximum atomic E-state index is 13.1. The van der Waals surface area contributed by atoms with Gasteiger partial charge in [-0.05, 0) is 63.1 Å². The molecule has 148 valence electrons. The van der Waals surface area contributed by atoms with Gasteiger partial charge in [0.05, 0.1) is 22.7 Å². The Labute approximate surface area is 168 Å². The number of pyridine rings is 1. The highest BCUT2D eigenvalue weighted by atomic mass is 32.2. The molecule has 3 rings (SSSR count). The number of hydrogen-bond donors (Lipinski definition) is 1. The van der Waals surface area contributed by atoms with Gasteiger partial charge in [0.1, 0.15) is 5.82 Å². The van der Waals surface area contributed by atoms with Crippen LogP contribution in [0.5, 0.6) is 0 Å². The molecule has 0 saturated heterocycles. The molecule has 1 aromatic carbocycles. The molecule has 1 aromatic heterocycles. The van der Waals surface area contributed by atoms with E-state index >= 15 is 0 Å². The quantitative estimate of drug-likeness (QED) is 0.725. The van der Waals surface area contributed by atoms with Crippen LogP contribution in [-0.4, -0.2) is 38.7 Å². The summed E-state index contributed by atoms with van der Waals surface area (Å²) in [5.74, 6) is -0.387. The van der Waals surface area contributed by atoms with E-state index in [4.69, 9.17) is 0 Å². The van der Waals surface area contributed by atoms with E-state index in [0.717, 1.165) is 18.5 Å². The van der Waals surface area contributed by atoms with Crippen LogP contribution in [0.4, 0.5) is 10.1 Å². The predicted molar refractivity (Wildman–Crippen MR) is 109 cm³/mol. The summed E-state index contributed by atoms with van der Waals surface area (Å²) in [7, 11) is 0. The number of nitrogens with zero attached hydrogens (tertiary/aromatic N) is 2. The standard InChI is InChI=1S/C21H24FN3O2S/c1-14(19-5-3-4-12-23-19)25(18-10-11-18)21(27)15(2)28-13-20(26)24-17-8-6-16(22)7-9-17/h3-9,12,14-15,18H,10-11,13H2,1-2H3,(H,24,26). The number of halogens is 1. The Hall–Kier alpha value is -2.41. The second-order valence-corrected chi connectivity index (χ2v) is 8.24. The molecule has 0 spiro atoms. The van der Waals surface area contributed by atoms with Crippen LogP contribution < -0.4 is 5.32 Å². The van der Waals surface area contributed by atoms with Gasteiger partial charge in [0.15, 0.2) is 0 Å². The van der Waals surface area contributed by atoms with Gasteiger partial charge in [-0.3, -0.25) is 14.6 Å². The summed E-state index contributed by atoms with van der Waals surface area (Å²) >= 11 is 1.30. The Morgan fingerprint density at radius 1 is 1.21 bits per heavy atom. The lowest BCUT2D eigenvalue weighted by Gasteiger charge is -2.31. The molecule has 28 heavy (non-hydrogen) atoms. The fourth-order valence-electron chi connectivity index (χ4n) is 3.02. The third-order valence-corrected chi connectivity index (χ3v) is 5.80. The summed E-state index contributed by atoms with van der Waals surface area (Å²) in [6, 6.07) is 11.5. The van der Waals surface area contributed by atoms with E-state index in [0.29, 0.717) is 5.69 Å². The lowest BCUT2D eigenvalue weighted by molar-refractivity contribution is -0.133. The normalized spacial score (nSPS) is 15.5. The first kappa shape index (κ1) is 20.3. The van der Waals surface area contributed by atoms with Gasteiger partial charge in [0.25, 0.3) is 0 Å². The molecule has 2 amide bonds. The van der Waals surface area contributed by atoms with Crippen LogP contribution in [-0.2, 0) is 9.59 Å². The van der Waals surface area contributed by atoms with E-state index in [1.807, 2.05) is 36.9 Å². The molecule has 1 heterocycles. The van der Waals surface area contributed by atoms with Gasteiger partial charge in [-0.15, -0.1) is 11.8 Å². The van der Waals surface area contributed by atoms with Crippen LogP contribution in [0.1, 0.15) is 38.4 Å². The van der Waals surface area contributed by atoms with Crippen LogP contribution in [0.3, 0.4) is 0 Å². The minimum atomic E-state index is -0.353. The number of carbonyl (C=O) groups excluding carboxylic acids is 2. The van der Waals surface area contributed by atoms with E-state index in [9.17, 15) is 14.0 Å². The van der Waals surface area contributed by atoms with E-state index in [2.05, 4.69) is 10.3 Å². The van der Waals surface area contributed by atoms with Gasteiger partial charge in [-0.25, -0.2) is 4.39 Å². The highest BCUT2D eigenvalue weighted by Crippen LogP contribution is 2.35. The first-order chi connectivity index (χ1) is 13.5. The molecule has 1 saturated carbocycles. The zero-order valence-electron chi connectivity index (χ0n) is 16.0. The molecule has 1 aliphatic rings. The Morgan fingerprint density at radius 3 is 2.54 bits per heavy atom. The first-order valence-electron chi connectivity index (χ1n) is 9.36. The van der Waals surface area contributed by atoms with E-state index in [1.54, 1.807) is 6.20 Å². The SMILES string of the molecule is CC(SCC(=O)Nc1ccc(F)cc1)C(=O)N(C1CC1)C(C)c1ccccn1. The van der Waals surface area contributed by atoms with Crippen molar-refractivity contribution >= 4 is 29.3 Å². The van der Waals surface area contributed by atoms with Gasteiger partial charge in [-0.1, -0.05) is 6.07 Å². The number of thioether (sulfide) groups is 1. The van der Waals surface area contributed by atoms with Crippen molar-refractivity contribution < 1.29 is 14.0 Å². The number of carbonyl (C=O) groups is 2. The van der Waals surface area contributed by atoms with Crippen LogP contribution in [0.2, 0.25) is 0 Å². The molecular weight excluding hydrogens is 377 g/mol. The second kappa shape index (κ2) is 9.19. The van der Waals surface area contributed by atoms with Crippen molar-refractivity contribution in [3.8, 4) is 0 Å². The van der Waals surface area contributed by atoms with Gasteiger partial charge >= 0.3 is 0 Å². The van der Waals surface area contributed by atoms with Crippen molar-refractivity contribution in [1.29, 1.82) is 0 Å². The summed E-state index contributed by atoms with van der Waals surface area (Å²) in [6.07, 6.45) is 3.75. The Balaban J connectivity index is 1.56. The van der Waals surface area contributed by atoms with Crippen molar-refractivity contribution in [2.24, 2.45) is 0 Å². The van der Waals surface area contributed by atoms with Crippen LogP contribution in [0, 0.1) is 5.82 Å².